The molecule has 0 saturated carbocycles. The predicted octanol–water partition coefficient (Wildman–Crippen LogP) is -0.408. The van der Waals surface area contributed by atoms with Crippen LogP contribution in [0.25, 0.3) is 0 Å². The minimum Gasteiger partial charge on any atom is -1.00 e. The molecule has 0 saturated heterocycles. The number of hydrogen-bond donors (Lipinski definition) is 2. The Hall–Kier alpha value is 0.686. The normalized spacial score (nSPS) is 17.1. The first kappa shape index (κ1) is 10.6. The van der Waals surface area contributed by atoms with Gasteiger partial charge in [0.2, 0.25) is 0 Å². The fraction of sp³-hybridized carbons (Fsp3) is 1.00. The van der Waals surface area contributed by atoms with Gasteiger partial charge in [0.05, 0.1) is 12.2 Å². The van der Waals surface area contributed by atoms with Gasteiger partial charge in [-0.1, -0.05) is 0 Å². The van der Waals surface area contributed by atoms with Crippen LogP contribution in [-0.4, -0.2) is 45.5 Å². The molecule has 0 heterocycles. The summed E-state index contributed by atoms with van der Waals surface area (Å²) < 4.78 is 0. The molecule has 3 heteroatoms. The third-order valence-corrected chi connectivity index (χ3v) is 0.698. The molecule has 0 radical (unpaired) electrons. The van der Waals surface area contributed by atoms with Crippen LogP contribution in [-0.2, 0) is 0 Å². The van der Waals surface area contributed by atoms with Gasteiger partial charge in [0.15, 0.2) is 0 Å². The second-order valence-corrected chi connectivity index (χ2v) is 1.48. The van der Waals surface area contributed by atoms with Crippen LogP contribution in [0.5, 0.6) is 0 Å². The summed E-state index contributed by atoms with van der Waals surface area (Å²) in [6, 6.07) is 0. The molecular weight excluding hydrogens is 104 g/mol. The molecule has 0 spiro atoms. The van der Waals surface area contributed by atoms with E-state index in [1.807, 2.05) is 0 Å². The molecule has 0 aliphatic rings. The molecule has 0 aromatic heterocycles. The van der Waals surface area contributed by atoms with Crippen LogP contribution in [0.15, 0.2) is 0 Å². The average molecular weight is 116 g/mol. The standard InChI is InChI=1S/C4H10O2.Mg.2H/c1-3(5)4(2)6;;;/h3-6H,1-2H3;;;/q;+2;2*-1. The van der Waals surface area contributed by atoms with Crippen molar-refractivity contribution < 1.29 is 13.1 Å². The SMILES string of the molecule is CC(O)C(C)O.[H-].[H-].[Mg+2]. The first-order valence-electron chi connectivity index (χ1n) is 2.00. The maximum absolute atomic E-state index is 8.38. The molecule has 0 aliphatic carbocycles. The van der Waals surface area contributed by atoms with E-state index in [4.69, 9.17) is 10.2 Å². The van der Waals surface area contributed by atoms with E-state index in [0.29, 0.717) is 0 Å². The van der Waals surface area contributed by atoms with Crippen LogP contribution in [0.3, 0.4) is 0 Å². The van der Waals surface area contributed by atoms with E-state index in [9.17, 15) is 0 Å². The molecule has 2 atom stereocenters. The van der Waals surface area contributed by atoms with Crippen LogP contribution >= 0.6 is 0 Å². The molecule has 2 nitrogen and oxygen atoms in total. The summed E-state index contributed by atoms with van der Waals surface area (Å²) in [4.78, 5) is 0. The van der Waals surface area contributed by atoms with Crippen molar-refractivity contribution in [3.05, 3.63) is 0 Å². The summed E-state index contributed by atoms with van der Waals surface area (Å²) in [6.07, 6.45) is -1.19. The Morgan fingerprint density at radius 1 is 1.14 bits per heavy atom. The zero-order chi connectivity index (χ0) is 5.15. The zero-order valence-corrected chi connectivity index (χ0v) is 6.17. The minimum atomic E-state index is -0.593. The van der Waals surface area contributed by atoms with Gasteiger partial charge in [0.1, 0.15) is 0 Å². The first-order chi connectivity index (χ1) is 2.64. The number of aliphatic hydroxyl groups excluding tert-OH is 2. The molecule has 0 fully saturated rings. The number of hydrogen-bond acceptors (Lipinski definition) is 2. The van der Waals surface area contributed by atoms with Crippen LogP contribution in [0, 0.1) is 0 Å². The van der Waals surface area contributed by atoms with Crippen molar-refractivity contribution in [2.45, 2.75) is 26.1 Å². The fourth-order valence-electron chi connectivity index (χ4n) is 0. The molecule has 2 N–H and O–H groups in total. The zero-order valence-electron chi connectivity index (χ0n) is 6.76. The molecule has 0 aromatic carbocycles. The molecule has 0 aliphatic heterocycles. The van der Waals surface area contributed by atoms with Gasteiger partial charge < -0.3 is 13.1 Å². The second-order valence-electron chi connectivity index (χ2n) is 1.48. The van der Waals surface area contributed by atoms with Crippen molar-refractivity contribution in [2.24, 2.45) is 0 Å². The third-order valence-electron chi connectivity index (χ3n) is 0.698. The van der Waals surface area contributed by atoms with Crippen molar-refractivity contribution in [3.63, 3.8) is 0 Å². The predicted molar refractivity (Wildman–Crippen MR) is 31.3 cm³/mol. The van der Waals surface area contributed by atoms with Crippen molar-refractivity contribution >= 4 is 23.1 Å². The summed E-state index contributed by atoms with van der Waals surface area (Å²) in [6.45, 7) is 3.09. The molecular formula is C4H12MgO2. The van der Waals surface area contributed by atoms with E-state index < -0.39 is 12.2 Å². The van der Waals surface area contributed by atoms with Crippen molar-refractivity contribution in [1.29, 1.82) is 0 Å². The molecule has 0 rings (SSSR count). The molecule has 7 heavy (non-hydrogen) atoms. The van der Waals surface area contributed by atoms with E-state index >= 15 is 0 Å². The Morgan fingerprint density at radius 3 is 1.29 bits per heavy atom. The van der Waals surface area contributed by atoms with Gasteiger partial charge in [-0.15, -0.1) is 0 Å². The van der Waals surface area contributed by atoms with Gasteiger partial charge in [-0.2, -0.15) is 0 Å². The average Bonchev–Trinajstić information content (AvgIpc) is 1.36. The molecule has 42 valence electrons. The molecule has 2 unspecified atom stereocenters. The maximum Gasteiger partial charge on any atom is 2.00 e. The largest absolute Gasteiger partial charge is 2.00 e. The van der Waals surface area contributed by atoms with E-state index in [0.717, 1.165) is 0 Å². The third kappa shape index (κ3) is 6.69. The van der Waals surface area contributed by atoms with Crippen molar-refractivity contribution in [3.8, 4) is 0 Å². The second kappa shape index (κ2) is 4.84. The number of aliphatic hydroxyl groups is 2. The van der Waals surface area contributed by atoms with Crippen molar-refractivity contribution in [1.82, 2.24) is 0 Å². The maximum atomic E-state index is 8.38. The van der Waals surface area contributed by atoms with Gasteiger partial charge in [-0.05, 0) is 13.8 Å². The van der Waals surface area contributed by atoms with E-state index in [-0.39, 0.29) is 25.9 Å². The van der Waals surface area contributed by atoms with E-state index in [1.165, 1.54) is 0 Å². The van der Waals surface area contributed by atoms with Gasteiger partial charge in [-0.25, -0.2) is 0 Å². The van der Waals surface area contributed by atoms with E-state index in [1.54, 1.807) is 13.8 Å². The van der Waals surface area contributed by atoms with Gasteiger partial charge in [-0.3, -0.25) is 0 Å². The Balaban J connectivity index is -0.0000000417. The summed E-state index contributed by atoms with van der Waals surface area (Å²) in [5.41, 5.74) is 0. The van der Waals surface area contributed by atoms with Crippen molar-refractivity contribution in [2.75, 3.05) is 0 Å². The smallest absolute Gasteiger partial charge is 1.00 e. The molecule has 0 amide bonds. The van der Waals surface area contributed by atoms with Gasteiger partial charge in [0.25, 0.3) is 0 Å². The summed E-state index contributed by atoms with van der Waals surface area (Å²) in [7, 11) is 0. The quantitative estimate of drug-likeness (QED) is 0.458. The topological polar surface area (TPSA) is 40.5 Å². The Labute approximate surface area is 62.7 Å². The Bertz CT molecular complexity index is 37.5. The van der Waals surface area contributed by atoms with Gasteiger partial charge in [0, 0.05) is 0 Å². The molecule has 0 bridgehead atoms. The van der Waals surface area contributed by atoms with Crippen LogP contribution in [0.2, 0.25) is 0 Å². The Kier molecular flexibility index (Phi) is 7.34. The Morgan fingerprint density at radius 2 is 1.29 bits per heavy atom. The van der Waals surface area contributed by atoms with Gasteiger partial charge >= 0.3 is 23.1 Å². The van der Waals surface area contributed by atoms with E-state index in [2.05, 4.69) is 0 Å². The monoisotopic (exact) mass is 116 g/mol. The van der Waals surface area contributed by atoms with Crippen LogP contribution in [0.1, 0.15) is 16.7 Å². The van der Waals surface area contributed by atoms with Crippen LogP contribution < -0.4 is 0 Å². The summed E-state index contributed by atoms with van der Waals surface area (Å²) >= 11 is 0. The summed E-state index contributed by atoms with van der Waals surface area (Å²) in [5, 5.41) is 16.8. The minimum absolute atomic E-state index is 0. The summed E-state index contributed by atoms with van der Waals surface area (Å²) in [5.74, 6) is 0. The van der Waals surface area contributed by atoms with Crippen LogP contribution in [0.4, 0.5) is 0 Å². The fourth-order valence-corrected chi connectivity index (χ4v) is 0. The number of rotatable bonds is 1. The molecule has 0 aromatic rings. The first-order valence-corrected chi connectivity index (χ1v) is 2.00.